The molecule has 0 atom stereocenters. The van der Waals surface area contributed by atoms with Crippen molar-refractivity contribution < 1.29 is 0 Å². The Hall–Kier alpha value is -0.860. The van der Waals surface area contributed by atoms with Crippen molar-refractivity contribution in [3.05, 3.63) is 63.3 Å². The summed E-state index contributed by atoms with van der Waals surface area (Å²) in [6, 6.07) is 11.6. The third-order valence-corrected chi connectivity index (χ3v) is 3.69. The molecule has 1 aromatic carbocycles. The van der Waals surface area contributed by atoms with E-state index in [-0.39, 0.29) is 24.0 Å². The fourth-order valence-corrected chi connectivity index (χ4v) is 2.47. The van der Waals surface area contributed by atoms with Crippen molar-refractivity contribution in [3.8, 4) is 0 Å². The van der Waals surface area contributed by atoms with Gasteiger partial charge in [0.25, 0.3) is 0 Å². The van der Waals surface area contributed by atoms with E-state index < -0.39 is 0 Å². The number of rotatable bonds is 5. The highest BCUT2D eigenvalue weighted by atomic mass is 127. The SMILES string of the molecule is I.NC(=NCc1ccc(Br)cc1Cl)NCCc1ccccn1. The van der Waals surface area contributed by atoms with Gasteiger partial charge in [0.15, 0.2) is 5.96 Å². The highest BCUT2D eigenvalue weighted by molar-refractivity contribution is 14.0. The first-order valence-corrected chi connectivity index (χ1v) is 7.70. The molecule has 0 fully saturated rings. The molecule has 1 heterocycles. The Bertz CT molecular complexity index is 622. The monoisotopic (exact) mass is 494 g/mol. The zero-order valence-electron chi connectivity index (χ0n) is 11.8. The topological polar surface area (TPSA) is 63.3 Å². The Kier molecular flexibility index (Phi) is 8.74. The van der Waals surface area contributed by atoms with Crippen molar-refractivity contribution >= 4 is 57.5 Å². The molecule has 0 aliphatic carbocycles. The average molecular weight is 496 g/mol. The summed E-state index contributed by atoms with van der Waals surface area (Å²) in [7, 11) is 0. The Morgan fingerprint density at radius 1 is 1.32 bits per heavy atom. The summed E-state index contributed by atoms with van der Waals surface area (Å²) in [4.78, 5) is 8.53. The standard InChI is InChI=1S/C15H16BrClN4.HI/c16-12-5-4-11(14(17)9-12)10-21-15(18)20-8-6-13-3-1-2-7-19-13;/h1-5,7,9H,6,8,10H2,(H3,18,20,21);1H. The van der Waals surface area contributed by atoms with E-state index in [1.165, 1.54) is 0 Å². The number of nitrogens with zero attached hydrogens (tertiary/aromatic N) is 2. The van der Waals surface area contributed by atoms with Crippen LogP contribution in [0.2, 0.25) is 5.02 Å². The molecule has 0 radical (unpaired) electrons. The number of hydrogen-bond acceptors (Lipinski definition) is 2. The largest absolute Gasteiger partial charge is 0.370 e. The fraction of sp³-hybridized carbons (Fsp3) is 0.200. The maximum atomic E-state index is 6.13. The normalized spacial score (nSPS) is 10.9. The number of hydrogen-bond donors (Lipinski definition) is 2. The number of pyridine rings is 1. The predicted octanol–water partition coefficient (Wildman–Crippen LogP) is 3.76. The Morgan fingerprint density at radius 3 is 2.82 bits per heavy atom. The Labute approximate surface area is 160 Å². The van der Waals surface area contributed by atoms with Gasteiger partial charge < -0.3 is 11.1 Å². The first-order valence-electron chi connectivity index (χ1n) is 6.53. The van der Waals surface area contributed by atoms with Crippen LogP contribution in [0, 0.1) is 0 Å². The van der Waals surface area contributed by atoms with E-state index in [0.29, 0.717) is 24.1 Å². The van der Waals surface area contributed by atoms with Crippen LogP contribution in [0.3, 0.4) is 0 Å². The van der Waals surface area contributed by atoms with Crippen molar-refractivity contribution in [1.82, 2.24) is 10.3 Å². The van der Waals surface area contributed by atoms with Crippen molar-refractivity contribution in [3.63, 3.8) is 0 Å². The van der Waals surface area contributed by atoms with Gasteiger partial charge >= 0.3 is 0 Å². The summed E-state index contributed by atoms with van der Waals surface area (Å²) in [5.41, 5.74) is 7.79. The lowest BCUT2D eigenvalue weighted by Gasteiger charge is -2.06. The van der Waals surface area contributed by atoms with Crippen LogP contribution in [0.4, 0.5) is 0 Å². The molecule has 0 unspecified atom stereocenters. The number of nitrogens with two attached hydrogens (primary N) is 1. The zero-order chi connectivity index (χ0) is 15.1. The van der Waals surface area contributed by atoms with E-state index in [1.807, 2.05) is 36.4 Å². The Morgan fingerprint density at radius 2 is 2.14 bits per heavy atom. The van der Waals surface area contributed by atoms with E-state index in [2.05, 4.69) is 31.2 Å². The number of halogens is 3. The van der Waals surface area contributed by atoms with Gasteiger partial charge in [0, 0.05) is 34.4 Å². The summed E-state index contributed by atoms with van der Waals surface area (Å²) in [5.74, 6) is 0.407. The number of aromatic nitrogens is 1. The minimum absolute atomic E-state index is 0. The number of benzene rings is 1. The van der Waals surface area contributed by atoms with E-state index >= 15 is 0 Å². The number of guanidine groups is 1. The van der Waals surface area contributed by atoms with Gasteiger partial charge in [-0.3, -0.25) is 4.98 Å². The van der Waals surface area contributed by atoms with Gasteiger partial charge in [0.1, 0.15) is 0 Å². The molecule has 118 valence electrons. The predicted molar refractivity (Wildman–Crippen MR) is 106 cm³/mol. The lowest BCUT2D eigenvalue weighted by Crippen LogP contribution is -2.33. The minimum atomic E-state index is 0. The molecule has 3 N–H and O–H groups in total. The summed E-state index contributed by atoms with van der Waals surface area (Å²) >= 11 is 9.50. The number of aliphatic imine (C=N–C) groups is 1. The summed E-state index contributed by atoms with van der Waals surface area (Å²) in [6.07, 6.45) is 2.58. The quantitative estimate of drug-likeness (QED) is 0.377. The van der Waals surface area contributed by atoms with Gasteiger partial charge in [-0.25, -0.2) is 4.99 Å². The molecular weight excluding hydrogens is 478 g/mol. The van der Waals surface area contributed by atoms with E-state index in [9.17, 15) is 0 Å². The number of nitrogens with one attached hydrogen (secondary N) is 1. The molecule has 4 nitrogen and oxygen atoms in total. The average Bonchev–Trinajstić information content (AvgIpc) is 2.47. The van der Waals surface area contributed by atoms with Crippen molar-refractivity contribution in [1.29, 1.82) is 0 Å². The molecule has 0 aliphatic heterocycles. The Balaban J connectivity index is 0.00000242. The van der Waals surface area contributed by atoms with Crippen molar-refractivity contribution in [2.45, 2.75) is 13.0 Å². The van der Waals surface area contributed by atoms with Crippen LogP contribution < -0.4 is 11.1 Å². The van der Waals surface area contributed by atoms with Gasteiger partial charge in [-0.2, -0.15) is 0 Å². The van der Waals surface area contributed by atoms with Gasteiger partial charge in [-0.1, -0.05) is 39.7 Å². The zero-order valence-corrected chi connectivity index (χ0v) is 16.5. The second-order valence-corrected chi connectivity index (χ2v) is 5.76. The van der Waals surface area contributed by atoms with Crippen molar-refractivity contribution in [2.75, 3.05) is 6.54 Å². The van der Waals surface area contributed by atoms with Crippen LogP contribution in [0.25, 0.3) is 0 Å². The van der Waals surface area contributed by atoms with Gasteiger partial charge in [-0.15, -0.1) is 24.0 Å². The van der Waals surface area contributed by atoms with Crippen LogP contribution in [0.1, 0.15) is 11.3 Å². The van der Waals surface area contributed by atoms with E-state index in [4.69, 9.17) is 17.3 Å². The molecule has 2 aromatic rings. The molecule has 0 bridgehead atoms. The molecule has 0 spiro atoms. The smallest absolute Gasteiger partial charge is 0.188 e. The minimum Gasteiger partial charge on any atom is -0.370 e. The molecule has 1 aromatic heterocycles. The highest BCUT2D eigenvalue weighted by Crippen LogP contribution is 2.21. The van der Waals surface area contributed by atoms with Crippen molar-refractivity contribution in [2.24, 2.45) is 10.7 Å². The molecule has 2 rings (SSSR count). The highest BCUT2D eigenvalue weighted by Gasteiger charge is 2.01. The van der Waals surface area contributed by atoms with Crippen LogP contribution in [-0.2, 0) is 13.0 Å². The lowest BCUT2D eigenvalue weighted by atomic mass is 10.2. The summed E-state index contributed by atoms with van der Waals surface area (Å²) < 4.78 is 0.946. The van der Waals surface area contributed by atoms with E-state index in [0.717, 1.165) is 22.2 Å². The maximum absolute atomic E-state index is 6.13. The molecule has 0 aliphatic rings. The van der Waals surface area contributed by atoms with Crippen LogP contribution in [-0.4, -0.2) is 17.5 Å². The molecule has 0 saturated carbocycles. The summed E-state index contributed by atoms with van der Waals surface area (Å²) in [6.45, 7) is 1.15. The first kappa shape index (κ1) is 19.2. The molecule has 22 heavy (non-hydrogen) atoms. The van der Waals surface area contributed by atoms with Crippen LogP contribution in [0.5, 0.6) is 0 Å². The third kappa shape index (κ3) is 6.50. The van der Waals surface area contributed by atoms with Gasteiger partial charge in [-0.05, 0) is 29.8 Å². The first-order chi connectivity index (χ1) is 10.1. The second-order valence-electron chi connectivity index (χ2n) is 4.44. The van der Waals surface area contributed by atoms with Crippen LogP contribution >= 0.6 is 51.5 Å². The maximum Gasteiger partial charge on any atom is 0.188 e. The molecule has 0 amide bonds. The van der Waals surface area contributed by atoms with Gasteiger partial charge in [0.05, 0.1) is 6.54 Å². The molecular formula is C15H17BrClIN4. The molecule has 0 saturated heterocycles. The van der Waals surface area contributed by atoms with Crippen LogP contribution in [0.15, 0.2) is 52.1 Å². The fourth-order valence-electron chi connectivity index (χ4n) is 1.74. The van der Waals surface area contributed by atoms with E-state index in [1.54, 1.807) is 6.20 Å². The second kappa shape index (κ2) is 10.0. The lowest BCUT2D eigenvalue weighted by molar-refractivity contribution is 0.827. The summed E-state index contributed by atoms with van der Waals surface area (Å²) in [5, 5.41) is 3.74. The van der Waals surface area contributed by atoms with Gasteiger partial charge in [0.2, 0.25) is 0 Å². The third-order valence-electron chi connectivity index (χ3n) is 2.85. The molecule has 7 heteroatoms.